The van der Waals surface area contributed by atoms with E-state index < -0.39 is 0 Å². The van der Waals surface area contributed by atoms with E-state index in [0.29, 0.717) is 17.4 Å². The summed E-state index contributed by atoms with van der Waals surface area (Å²) in [5.74, 6) is 0.898. The quantitative estimate of drug-likeness (QED) is 0.579. The number of hydrogen-bond donors (Lipinski definition) is 1. The summed E-state index contributed by atoms with van der Waals surface area (Å²) in [5, 5.41) is 0. The zero-order valence-electron chi connectivity index (χ0n) is 5.11. The van der Waals surface area contributed by atoms with E-state index in [1.807, 2.05) is 0 Å². The number of anilines is 1. The molecule has 0 radical (unpaired) electrons. The van der Waals surface area contributed by atoms with Crippen molar-refractivity contribution in [3.05, 3.63) is 18.5 Å². The minimum absolute atomic E-state index is 0.375. The van der Waals surface area contributed by atoms with Crippen molar-refractivity contribution < 1.29 is 4.42 Å². The van der Waals surface area contributed by atoms with Crippen LogP contribution in [0.5, 0.6) is 0 Å². The maximum atomic E-state index is 5.35. The second kappa shape index (κ2) is 1.70. The van der Waals surface area contributed by atoms with Crippen LogP contribution in [0.3, 0.4) is 0 Å². The van der Waals surface area contributed by atoms with Crippen molar-refractivity contribution in [3.63, 3.8) is 0 Å². The predicted octanol–water partition coefficient (Wildman–Crippen LogP) is 0.757. The van der Waals surface area contributed by atoms with Gasteiger partial charge in [-0.3, -0.25) is 0 Å². The van der Waals surface area contributed by atoms with Gasteiger partial charge in [-0.1, -0.05) is 0 Å². The summed E-state index contributed by atoms with van der Waals surface area (Å²) in [4.78, 5) is 7.83. The molecular weight excluding hydrogens is 130 g/mol. The van der Waals surface area contributed by atoms with Gasteiger partial charge in [0.2, 0.25) is 5.89 Å². The summed E-state index contributed by atoms with van der Waals surface area (Å²) >= 11 is 0. The van der Waals surface area contributed by atoms with Gasteiger partial charge in [-0.2, -0.15) is 0 Å². The minimum Gasteiger partial charge on any atom is -0.441 e. The Morgan fingerprint density at radius 1 is 1.50 bits per heavy atom. The fourth-order valence-electron chi connectivity index (χ4n) is 0.771. The summed E-state index contributed by atoms with van der Waals surface area (Å²) < 4.78 is 4.98. The average Bonchev–Trinajstić information content (AvgIpc) is 2.33. The molecule has 0 unspecified atom stereocenters. The Labute approximate surface area is 57.0 Å². The fraction of sp³-hybridized carbons (Fsp3) is 0. The summed E-state index contributed by atoms with van der Waals surface area (Å²) in [5.41, 5.74) is 6.04. The van der Waals surface area contributed by atoms with E-state index in [0.717, 1.165) is 0 Å². The van der Waals surface area contributed by atoms with Crippen molar-refractivity contribution >= 4 is 5.82 Å². The van der Waals surface area contributed by atoms with Crippen molar-refractivity contribution in [2.75, 3.05) is 5.73 Å². The standard InChI is InChI=1S/C6H5N3O/c7-5-3-10-6-4(9-5)1-2-8-6/h1-3H,7H2. The van der Waals surface area contributed by atoms with Crippen molar-refractivity contribution in [1.82, 2.24) is 9.97 Å². The van der Waals surface area contributed by atoms with Gasteiger partial charge in [0.1, 0.15) is 12.0 Å². The van der Waals surface area contributed by atoms with E-state index in [-0.39, 0.29) is 0 Å². The third-order valence-corrected chi connectivity index (χ3v) is 1.18. The summed E-state index contributed by atoms with van der Waals surface area (Å²) in [7, 11) is 0. The van der Waals surface area contributed by atoms with E-state index in [4.69, 9.17) is 10.2 Å². The third kappa shape index (κ3) is 0.621. The second-order valence-corrected chi connectivity index (χ2v) is 1.91. The Balaban J connectivity index is 2.75. The van der Waals surface area contributed by atoms with Crippen LogP contribution in [0.4, 0.5) is 5.82 Å². The third-order valence-electron chi connectivity index (χ3n) is 1.18. The Hall–Kier alpha value is -1.58. The molecule has 0 aliphatic carbocycles. The zero-order valence-corrected chi connectivity index (χ0v) is 5.11. The molecule has 4 heteroatoms. The lowest BCUT2D eigenvalue weighted by Gasteiger charge is -1.94. The van der Waals surface area contributed by atoms with Gasteiger partial charge >= 0.3 is 0 Å². The summed E-state index contributed by atoms with van der Waals surface area (Å²) in [6.45, 7) is 0. The lowest BCUT2D eigenvalue weighted by Crippen LogP contribution is -1.90. The lowest BCUT2D eigenvalue weighted by molar-refractivity contribution is 0.547. The van der Waals surface area contributed by atoms with E-state index in [2.05, 4.69) is 9.97 Å². The van der Waals surface area contributed by atoms with E-state index >= 15 is 0 Å². The molecule has 0 amide bonds. The van der Waals surface area contributed by atoms with Gasteiger partial charge in [-0.25, -0.2) is 9.97 Å². The van der Waals surface area contributed by atoms with Gasteiger partial charge in [0.05, 0.1) is 0 Å². The van der Waals surface area contributed by atoms with Crippen LogP contribution in [-0.2, 0) is 0 Å². The molecule has 2 heterocycles. The van der Waals surface area contributed by atoms with Crippen LogP contribution in [0.1, 0.15) is 0 Å². The molecule has 50 valence electrons. The number of fused-ring (bicyclic) bond motifs is 1. The molecule has 2 aliphatic rings. The Morgan fingerprint density at radius 2 is 2.40 bits per heavy atom. The molecule has 0 spiro atoms. The molecule has 0 saturated carbocycles. The van der Waals surface area contributed by atoms with Gasteiger partial charge < -0.3 is 10.2 Å². The molecule has 4 nitrogen and oxygen atoms in total. The number of nitrogens with zero attached hydrogens (tertiary/aromatic N) is 2. The molecule has 2 rings (SSSR count). The van der Waals surface area contributed by atoms with Crippen molar-refractivity contribution in [2.45, 2.75) is 0 Å². The molecule has 0 aromatic heterocycles. The Morgan fingerprint density at radius 3 is 3.30 bits per heavy atom. The molecule has 0 aromatic carbocycles. The molecule has 0 bridgehead atoms. The van der Waals surface area contributed by atoms with Crippen LogP contribution in [0, 0.1) is 0 Å². The minimum atomic E-state index is 0.375. The topological polar surface area (TPSA) is 64.9 Å². The number of hydrogen-bond acceptors (Lipinski definition) is 4. The number of nitrogen functional groups attached to an aromatic ring is 1. The van der Waals surface area contributed by atoms with Crippen LogP contribution >= 0.6 is 0 Å². The maximum absolute atomic E-state index is 5.35. The first-order valence-electron chi connectivity index (χ1n) is 2.82. The summed E-state index contributed by atoms with van der Waals surface area (Å²) in [6.07, 6.45) is 3.00. The van der Waals surface area contributed by atoms with Crippen LogP contribution in [0.2, 0.25) is 0 Å². The largest absolute Gasteiger partial charge is 0.441 e. The van der Waals surface area contributed by atoms with E-state index in [9.17, 15) is 0 Å². The lowest BCUT2D eigenvalue weighted by atomic mass is 10.4. The van der Waals surface area contributed by atoms with Gasteiger partial charge in [0.25, 0.3) is 0 Å². The molecule has 2 N–H and O–H groups in total. The first-order chi connectivity index (χ1) is 4.86. The van der Waals surface area contributed by atoms with Crippen LogP contribution < -0.4 is 5.73 Å². The highest BCUT2D eigenvalue weighted by molar-refractivity contribution is 5.50. The fourth-order valence-corrected chi connectivity index (χ4v) is 0.771. The highest BCUT2D eigenvalue weighted by atomic mass is 16.3. The number of rotatable bonds is 0. The SMILES string of the molecule is Nc1coc2nccc-2n1. The maximum Gasteiger partial charge on any atom is 0.245 e. The first-order valence-corrected chi connectivity index (χ1v) is 2.82. The van der Waals surface area contributed by atoms with Crippen LogP contribution in [-0.4, -0.2) is 9.97 Å². The molecule has 0 fully saturated rings. The monoisotopic (exact) mass is 135 g/mol. The van der Waals surface area contributed by atoms with Gasteiger partial charge in [0.15, 0.2) is 5.82 Å². The van der Waals surface area contributed by atoms with Gasteiger partial charge in [-0.05, 0) is 6.07 Å². The second-order valence-electron chi connectivity index (χ2n) is 1.91. The van der Waals surface area contributed by atoms with Crippen molar-refractivity contribution in [3.8, 4) is 11.6 Å². The van der Waals surface area contributed by atoms with Gasteiger partial charge in [-0.15, -0.1) is 0 Å². The number of aromatic nitrogens is 2. The van der Waals surface area contributed by atoms with Gasteiger partial charge in [0, 0.05) is 6.20 Å². The van der Waals surface area contributed by atoms with E-state index in [1.54, 1.807) is 12.3 Å². The molecule has 0 saturated heterocycles. The number of nitrogens with two attached hydrogens (primary N) is 1. The highest BCUT2D eigenvalue weighted by Crippen LogP contribution is 2.17. The van der Waals surface area contributed by atoms with E-state index in [1.165, 1.54) is 6.26 Å². The normalized spacial score (nSPS) is 10.4. The predicted molar refractivity (Wildman–Crippen MR) is 35.3 cm³/mol. The van der Waals surface area contributed by atoms with Crippen LogP contribution in [0.25, 0.3) is 11.6 Å². The molecule has 0 aromatic rings. The first kappa shape index (κ1) is 5.22. The Kier molecular flexibility index (Phi) is 0.887. The zero-order chi connectivity index (χ0) is 6.97. The van der Waals surface area contributed by atoms with Crippen LogP contribution in [0.15, 0.2) is 22.9 Å². The highest BCUT2D eigenvalue weighted by Gasteiger charge is 2.06. The smallest absolute Gasteiger partial charge is 0.245 e. The Bertz CT molecular complexity index is 317. The molecule has 0 atom stereocenters. The molecule has 2 aliphatic heterocycles. The van der Waals surface area contributed by atoms with Crippen molar-refractivity contribution in [1.29, 1.82) is 0 Å². The molecular formula is C6H5N3O. The average molecular weight is 135 g/mol. The molecule has 10 heavy (non-hydrogen) atoms. The summed E-state index contributed by atoms with van der Waals surface area (Å²) in [6, 6.07) is 1.75. The van der Waals surface area contributed by atoms with Crippen molar-refractivity contribution in [2.24, 2.45) is 0 Å².